The molecule has 0 aromatic heterocycles. The second-order valence-corrected chi connectivity index (χ2v) is 10.6. The second-order valence-electron chi connectivity index (χ2n) is 8.28. The molecule has 0 unspecified atom stereocenters. The largest absolute Gasteiger partial charge is 0.497 e. The van der Waals surface area contributed by atoms with E-state index in [1.54, 1.807) is 54.6 Å². The van der Waals surface area contributed by atoms with Crippen LogP contribution in [-0.2, 0) is 14.8 Å². The molecule has 0 aliphatic heterocycles. The molecule has 0 fully saturated rings. The molecule has 0 aliphatic carbocycles. The van der Waals surface area contributed by atoms with Crippen molar-refractivity contribution >= 4 is 45.4 Å². The molecule has 4 rings (SSSR count). The summed E-state index contributed by atoms with van der Waals surface area (Å²) >= 11 is 5.97. The number of amides is 1. The molecular formula is C29H24ClN3O6S. The number of benzene rings is 4. The van der Waals surface area contributed by atoms with Gasteiger partial charge in [-0.25, -0.2) is 18.6 Å². The Morgan fingerprint density at radius 1 is 0.875 bits per heavy atom. The van der Waals surface area contributed by atoms with E-state index in [1.807, 2.05) is 0 Å². The summed E-state index contributed by atoms with van der Waals surface area (Å²) in [5.74, 6) is -0.315. The summed E-state index contributed by atoms with van der Waals surface area (Å²) in [7, 11) is -2.64. The van der Waals surface area contributed by atoms with Crippen molar-refractivity contribution in [1.82, 2.24) is 5.43 Å². The van der Waals surface area contributed by atoms with Crippen LogP contribution in [0.1, 0.15) is 15.9 Å². The first-order chi connectivity index (χ1) is 19.3. The number of nitrogens with one attached hydrogen (secondary N) is 1. The van der Waals surface area contributed by atoms with E-state index in [0.29, 0.717) is 27.6 Å². The third-order valence-corrected chi connectivity index (χ3v) is 7.59. The van der Waals surface area contributed by atoms with Crippen LogP contribution in [0.2, 0.25) is 5.02 Å². The first kappa shape index (κ1) is 28.3. The number of carbonyl (C=O) groups is 2. The molecule has 0 bridgehead atoms. The third kappa shape index (κ3) is 7.25. The second kappa shape index (κ2) is 12.9. The van der Waals surface area contributed by atoms with Crippen molar-refractivity contribution in [2.45, 2.75) is 4.90 Å². The molecule has 1 N–H and O–H groups in total. The summed E-state index contributed by atoms with van der Waals surface area (Å²) in [5.41, 5.74) is 3.64. The Morgan fingerprint density at radius 3 is 2.12 bits per heavy atom. The van der Waals surface area contributed by atoms with Crippen LogP contribution in [0.15, 0.2) is 113 Å². The SMILES string of the molecule is COc1ccc(S(=O)(=O)N(CC(=O)N/N=C/c2ccc(OC(=O)c3ccccc3)cc2)c2ccc(Cl)cc2)cc1. The molecule has 4 aromatic carbocycles. The number of esters is 1. The van der Waals surface area contributed by atoms with E-state index in [2.05, 4.69) is 10.5 Å². The number of hydrogen-bond donors (Lipinski definition) is 1. The lowest BCUT2D eigenvalue weighted by molar-refractivity contribution is -0.119. The van der Waals surface area contributed by atoms with Gasteiger partial charge in [-0.05, 0) is 90.5 Å². The Morgan fingerprint density at radius 2 is 1.50 bits per heavy atom. The molecule has 204 valence electrons. The van der Waals surface area contributed by atoms with Gasteiger partial charge in [-0.15, -0.1) is 0 Å². The molecule has 0 saturated heterocycles. The highest BCUT2D eigenvalue weighted by Crippen LogP contribution is 2.26. The zero-order valence-electron chi connectivity index (χ0n) is 21.2. The predicted molar refractivity (Wildman–Crippen MR) is 153 cm³/mol. The lowest BCUT2D eigenvalue weighted by Crippen LogP contribution is -2.39. The van der Waals surface area contributed by atoms with E-state index >= 15 is 0 Å². The van der Waals surface area contributed by atoms with Gasteiger partial charge in [0.05, 0.1) is 29.5 Å². The van der Waals surface area contributed by atoms with Crippen molar-refractivity contribution in [2.75, 3.05) is 18.0 Å². The number of methoxy groups -OCH3 is 1. The molecule has 0 aliphatic rings. The van der Waals surface area contributed by atoms with Crippen LogP contribution < -0.4 is 19.2 Å². The molecule has 0 saturated carbocycles. The van der Waals surface area contributed by atoms with Gasteiger partial charge in [-0.3, -0.25) is 9.10 Å². The zero-order valence-corrected chi connectivity index (χ0v) is 22.8. The number of hydrogen-bond acceptors (Lipinski definition) is 7. The van der Waals surface area contributed by atoms with Crippen LogP contribution >= 0.6 is 11.6 Å². The Labute approximate surface area is 236 Å². The molecular weight excluding hydrogens is 554 g/mol. The van der Waals surface area contributed by atoms with E-state index < -0.39 is 28.4 Å². The van der Waals surface area contributed by atoms with Gasteiger partial charge in [0.25, 0.3) is 15.9 Å². The smallest absolute Gasteiger partial charge is 0.343 e. The summed E-state index contributed by atoms with van der Waals surface area (Å²) in [6.07, 6.45) is 1.38. The lowest BCUT2D eigenvalue weighted by atomic mass is 10.2. The Balaban J connectivity index is 1.43. The lowest BCUT2D eigenvalue weighted by Gasteiger charge is -2.23. The van der Waals surface area contributed by atoms with Crippen LogP contribution in [0.5, 0.6) is 11.5 Å². The maximum atomic E-state index is 13.4. The molecule has 4 aromatic rings. The fraction of sp³-hybridized carbons (Fsp3) is 0.0690. The Hall–Kier alpha value is -4.67. The van der Waals surface area contributed by atoms with E-state index in [1.165, 1.54) is 61.9 Å². The van der Waals surface area contributed by atoms with Crippen LogP contribution in [0.3, 0.4) is 0 Å². The fourth-order valence-corrected chi connectivity index (χ4v) is 5.05. The highest BCUT2D eigenvalue weighted by atomic mass is 35.5. The summed E-state index contributed by atoms with van der Waals surface area (Å²) in [4.78, 5) is 24.9. The van der Waals surface area contributed by atoms with Gasteiger partial charge in [0.2, 0.25) is 0 Å². The van der Waals surface area contributed by atoms with Crippen LogP contribution in [-0.4, -0.2) is 40.2 Å². The number of carbonyl (C=O) groups excluding carboxylic acids is 2. The van der Waals surface area contributed by atoms with E-state index in [-0.39, 0.29) is 10.6 Å². The number of ether oxygens (including phenoxy) is 2. The van der Waals surface area contributed by atoms with Crippen LogP contribution in [0.4, 0.5) is 5.69 Å². The monoisotopic (exact) mass is 577 g/mol. The van der Waals surface area contributed by atoms with Gasteiger partial charge in [0.15, 0.2) is 0 Å². The zero-order chi connectivity index (χ0) is 28.5. The normalized spacial score (nSPS) is 11.2. The van der Waals surface area contributed by atoms with Gasteiger partial charge in [-0.1, -0.05) is 29.8 Å². The Bertz CT molecular complexity index is 1590. The summed E-state index contributed by atoms with van der Waals surface area (Å²) in [6, 6.07) is 27.0. The van der Waals surface area contributed by atoms with E-state index in [4.69, 9.17) is 21.1 Å². The summed E-state index contributed by atoms with van der Waals surface area (Å²) < 4.78 is 38.3. The fourth-order valence-electron chi connectivity index (χ4n) is 3.50. The molecule has 11 heteroatoms. The topological polar surface area (TPSA) is 114 Å². The average molecular weight is 578 g/mol. The van der Waals surface area contributed by atoms with Crippen LogP contribution in [0, 0.1) is 0 Å². The van der Waals surface area contributed by atoms with Gasteiger partial charge in [0.1, 0.15) is 18.0 Å². The van der Waals surface area contributed by atoms with Crippen molar-refractivity contribution in [2.24, 2.45) is 5.10 Å². The Kier molecular flexibility index (Phi) is 9.15. The number of anilines is 1. The number of hydrazone groups is 1. The van der Waals surface area contributed by atoms with Gasteiger partial charge < -0.3 is 9.47 Å². The molecule has 0 spiro atoms. The van der Waals surface area contributed by atoms with E-state index in [9.17, 15) is 18.0 Å². The van der Waals surface area contributed by atoms with Gasteiger partial charge in [0, 0.05) is 5.02 Å². The minimum absolute atomic E-state index is 0.0207. The van der Waals surface area contributed by atoms with Crippen molar-refractivity contribution in [3.8, 4) is 11.5 Å². The minimum atomic E-state index is -4.12. The summed E-state index contributed by atoms with van der Waals surface area (Å²) in [6.45, 7) is -0.540. The standard InChI is InChI=1S/C29H24ClN3O6S/c1-38-25-15-17-27(18-16-25)40(36,37)33(24-11-9-23(30)10-12-24)20-28(34)32-31-19-21-7-13-26(14-8-21)39-29(35)22-5-3-2-4-6-22/h2-19H,20H2,1H3,(H,32,34)/b31-19+. The number of rotatable bonds is 10. The van der Waals surface area contributed by atoms with Crippen molar-refractivity contribution < 1.29 is 27.5 Å². The first-order valence-electron chi connectivity index (χ1n) is 11.9. The quantitative estimate of drug-likeness (QED) is 0.124. The van der Waals surface area contributed by atoms with Gasteiger partial charge >= 0.3 is 5.97 Å². The molecule has 9 nitrogen and oxygen atoms in total. The average Bonchev–Trinajstić information content (AvgIpc) is 2.98. The van der Waals surface area contributed by atoms with Crippen molar-refractivity contribution in [3.05, 3.63) is 119 Å². The molecule has 0 radical (unpaired) electrons. The summed E-state index contributed by atoms with van der Waals surface area (Å²) in [5, 5.41) is 4.34. The number of sulfonamides is 1. The molecule has 40 heavy (non-hydrogen) atoms. The predicted octanol–water partition coefficient (Wildman–Crippen LogP) is 4.91. The van der Waals surface area contributed by atoms with Crippen LogP contribution in [0.25, 0.3) is 0 Å². The highest BCUT2D eigenvalue weighted by Gasteiger charge is 2.27. The maximum Gasteiger partial charge on any atom is 0.343 e. The molecule has 1 amide bonds. The molecule has 0 atom stereocenters. The third-order valence-electron chi connectivity index (χ3n) is 5.55. The van der Waals surface area contributed by atoms with E-state index in [0.717, 1.165) is 4.31 Å². The molecule has 0 heterocycles. The minimum Gasteiger partial charge on any atom is -0.497 e. The van der Waals surface area contributed by atoms with Crippen molar-refractivity contribution in [1.29, 1.82) is 0 Å². The number of halogens is 1. The van der Waals surface area contributed by atoms with Gasteiger partial charge in [-0.2, -0.15) is 5.10 Å². The maximum absolute atomic E-state index is 13.4. The highest BCUT2D eigenvalue weighted by molar-refractivity contribution is 7.92. The number of nitrogens with zero attached hydrogens (tertiary/aromatic N) is 2. The first-order valence-corrected chi connectivity index (χ1v) is 13.7. The van der Waals surface area contributed by atoms with Crippen molar-refractivity contribution in [3.63, 3.8) is 0 Å².